The third kappa shape index (κ3) is 5.71. The van der Waals surface area contributed by atoms with Crippen LogP contribution in [-0.2, 0) is 4.79 Å². The standard InChI is InChI=1S/C21H25N3O5/c1-13-6-7-16(8-14(13)2)21(26)22-12-19(25)24-23-11-15-9-17(27-3)20(29-5)18(10-15)28-4/h6-11H,12H2,1-5H3,(H,22,26)(H,24,25)/b23-11+. The maximum Gasteiger partial charge on any atom is 0.259 e. The number of carbonyl (C=O) groups excluding carboxylic acids is 2. The van der Waals surface area contributed by atoms with Crippen molar-refractivity contribution >= 4 is 18.0 Å². The molecule has 2 rings (SSSR count). The number of aryl methyl sites for hydroxylation is 2. The predicted molar refractivity (Wildman–Crippen MR) is 110 cm³/mol. The first-order valence-corrected chi connectivity index (χ1v) is 8.87. The van der Waals surface area contributed by atoms with Gasteiger partial charge in [0.1, 0.15) is 0 Å². The Labute approximate surface area is 169 Å². The van der Waals surface area contributed by atoms with E-state index in [0.29, 0.717) is 28.4 Å². The van der Waals surface area contributed by atoms with Crippen LogP contribution in [0.2, 0.25) is 0 Å². The van der Waals surface area contributed by atoms with Crippen molar-refractivity contribution in [2.75, 3.05) is 27.9 Å². The summed E-state index contributed by atoms with van der Waals surface area (Å²) in [5.41, 5.74) is 5.61. The largest absolute Gasteiger partial charge is 0.493 e. The minimum atomic E-state index is -0.453. The van der Waals surface area contributed by atoms with Crippen LogP contribution in [0.5, 0.6) is 17.2 Å². The van der Waals surface area contributed by atoms with Crippen LogP contribution < -0.4 is 25.0 Å². The van der Waals surface area contributed by atoms with Crippen molar-refractivity contribution < 1.29 is 23.8 Å². The number of benzene rings is 2. The highest BCUT2D eigenvalue weighted by Gasteiger charge is 2.12. The SMILES string of the molecule is COc1cc(/C=N/NC(=O)CNC(=O)c2ccc(C)c(C)c2)cc(OC)c1OC. The van der Waals surface area contributed by atoms with E-state index in [-0.39, 0.29) is 12.5 Å². The van der Waals surface area contributed by atoms with Crippen molar-refractivity contribution in [3.05, 3.63) is 52.6 Å². The lowest BCUT2D eigenvalue weighted by Gasteiger charge is -2.12. The van der Waals surface area contributed by atoms with Gasteiger partial charge in [0.25, 0.3) is 11.8 Å². The van der Waals surface area contributed by atoms with Gasteiger partial charge in [-0.3, -0.25) is 9.59 Å². The van der Waals surface area contributed by atoms with Gasteiger partial charge < -0.3 is 19.5 Å². The average molecular weight is 399 g/mol. The number of carbonyl (C=O) groups is 2. The van der Waals surface area contributed by atoms with Gasteiger partial charge in [-0.15, -0.1) is 0 Å². The second-order valence-electron chi connectivity index (χ2n) is 6.23. The minimum absolute atomic E-state index is 0.196. The molecule has 0 aliphatic carbocycles. The number of ether oxygens (including phenoxy) is 3. The van der Waals surface area contributed by atoms with E-state index in [1.807, 2.05) is 19.9 Å². The molecule has 0 spiro atoms. The van der Waals surface area contributed by atoms with E-state index in [1.54, 1.807) is 24.3 Å². The lowest BCUT2D eigenvalue weighted by atomic mass is 10.1. The van der Waals surface area contributed by atoms with E-state index in [0.717, 1.165) is 11.1 Å². The number of hydrogen-bond acceptors (Lipinski definition) is 6. The average Bonchev–Trinajstić information content (AvgIpc) is 2.73. The van der Waals surface area contributed by atoms with Crippen molar-refractivity contribution in [2.45, 2.75) is 13.8 Å². The fourth-order valence-electron chi connectivity index (χ4n) is 2.54. The molecule has 2 aromatic carbocycles. The summed E-state index contributed by atoms with van der Waals surface area (Å²) >= 11 is 0. The predicted octanol–water partition coefficient (Wildman–Crippen LogP) is 2.21. The summed E-state index contributed by atoms with van der Waals surface area (Å²) in [7, 11) is 4.54. The first kappa shape index (κ1) is 21.7. The Balaban J connectivity index is 1.94. The van der Waals surface area contributed by atoms with Crippen LogP contribution in [0.3, 0.4) is 0 Å². The molecule has 0 aliphatic rings. The van der Waals surface area contributed by atoms with Gasteiger partial charge in [-0.25, -0.2) is 5.43 Å². The van der Waals surface area contributed by atoms with Crippen molar-refractivity contribution in [3.8, 4) is 17.2 Å². The number of rotatable bonds is 8. The Kier molecular flexibility index (Phi) is 7.59. The summed E-state index contributed by atoms with van der Waals surface area (Å²) in [6.07, 6.45) is 1.44. The molecule has 0 aliphatic heterocycles. The van der Waals surface area contributed by atoms with E-state index in [4.69, 9.17) is 14.2 Å². The topological polar surface area (TPSA) is 98.2 Å². The maximum absolute atomic E-state index is 12.1. The molecule has 2 N–H and O–H groups in total. The number of nitrogens with one attached hydrogen (secondary N) is 2. The summed E-state index contributed by atoms with van der Waals surface area (Å²) in [5.74, 6) is 0.633. The molecule has 0 saturated carbocycles. The van der Waals surface area contributed by atoms with Gasteiger partial charge in [0.05, 0.1) is 34.1 Å². The fourth-order valence-corrected chi connectivity index (χ4v) is 2.54. The van der Waals surface area contributed by atoms with E-state index in [2.05, 4.69) is 15.8 Å². The van der Waals surface area contributed by atoms with E-state index < -0.39 is 5.91 Å². The quantitative estimate of drug-likeness (QED) is 0.524. The highest BCUT2D eigenvalue weighted by atomic mass is 16.5. The van der Waals surface area contributed by atoms with Crippen molar-refractivity contribution in [1.82, 2.24) is 10.7 Å². The molecule has 2 amide bonds. The number of nitrogens with zero attached hydrogens (tertiary/aromatic N) is 1. The molecule has 0 atom stereocenters. The summed E-state index contributed by atoms with van der Waals surface area (Å²) < 4.78 is 15.8. The zero-order valence-electron chi connectivity index (χ0n) is 17.2. The molecule has 8 heteroatoms. The van der Waals surface area contributed by atoms with E-state index >= 15 is 0 Å². The van der Waals surface area contributed by atoms with Crippen LogP contribution in [0.4, 0.5) is 0 Å². The fraction of sp³-hybridized carbons (Fsp3) is 0.286. The zero-order valence-corrected chi connectivity index (χ0v) is 17.2. The van der Waals surface area contributed by atoms with Crippen LogP contribution in [0.1, 0.15) is 27.0 Å². The summed E-state index contributed by atoms with van der Waals surface area (Å²) in [6, 6.07) is 8.76. The molecule has 0 fully saturated rings. The Bertz CT molecular complexity index is 900. The summed E-state index contributed by atoms with van der Waals surface area (Å²) in [6.45, 7) is 3.70. The lowest BCUT2D eigenvalue weighted by molar-refractivity contribution is -0.120. The molecule has 0 radical (unpaired) electrons. The smallest absolute Gasteiger partial charge is 0.259 e. The van der Waals surface area contributed by atoms with Crippen LogP contribution in [-0.4, -0.2) is 45.9 Å². The normalized spacial score (nSPS) is 10.5. The first-order valence-electron chi connectivity index (χ1n) is 8.87. The molecule has 0 unspecified atom stereocenters. The molecule has 0 aromatic heterocycles. The van der Waals surface area contributed by atoms with Crippen LogP contribution in [0.15, 0.2) is 35.4 Å². The second-order valence-corrected chi connectivity index (χ2v) is 6.23. The number of amides is 2. The first-order chi connectivity index (χ1) is 13.9. The molecular formula is C21H25N3O5. The summed E-state index contributed by atoms with van der Waals surface area (Å²) in [5, 5.41) is 6.46. The highest BCUT2D eigenvalue weighted by molar-refractivity contribution is 5.96. The van der Waals surface area contributed by atoms with Crippen LogP contribution in [0.25, 0.3) is 0 Å². The van der Waals surface area contributed by atoms with E-state index in [9.17, 15) is 9.59 Å². The number of hydrogen-bond donors (Lipinski definition) is 2. The minimum Gasteiger partial charge on any atom is -0.493 e. The van der Waals surface area contributed by atoms with Crippen LogP contribution in [0, 0.1) is 13.8 Å². The van der Waals surface area contributed by atoms with Gasteiger partial charge in [-0.1, -0.05) is 6.07 Å². The monoisotopic (exact) mass is 399 g/mol. The maximum atomic E-state index is 12.1. The van der Waals surface area contributed by atoms with Gasteiger partial charge in [0, 0.05) is 11.1 Å². The zero-order chi connectivity index (χ0) is 21.4. The van der Waals surface area contributed by atoms with Gasteiger partial charge in [0.2, 0.25) is 5.75 Å². The summed E-state index contributed by atoms with van der Waals surface area (Å²) in [4.78, 5) is 24.1. The second kappa shape index (κ2) is 10.1. The molecule has 154 valence electrons. The van der Waals surface area contributed by atoms with Crippen molar-refractivity contribution in [1.29, 1.82) is 0 Å². The molecule has 29 heavy (non-hydrogen) atoms. The number of methoxy groups -OCH3 is 3. The molecule has 2 aromatic rings. The third-order valence-corrected chi connectivity index (χ3v) is 4.27. The van der Waals surface area contributed by atoms with E-state index in [1.165, 1.54) is 27.5 Å². The Hall–Kier alpha value is -3.55. The number of hydrazone groups is 1. The molecule has 8 nitrogen and oxygen atoms in total. The highest BCUT2D eigenvalue weighted by Crippen LogP contribution is 2.37. The van der Waals surface area contributed by atoms with Crippen molar-refractivity contribution in [3.63, 3.8) is 0 Å². The van der Waals surface area contributed by atoms with Gasteiger partial charge in [0.15, 0.2) is 11.5 Å². The molecule has 0 bridgehead atoms. The van der Waals surface area contributed by atoms with Crippen molar-refractivity contribution in [2.24, 2.45) is 5.10 Å². The van der Waals surface area contributed by atoms with Crippen LogP contribution >= 0.6 is 0 Å². The Morgan fingerprint density at radius 2 is 1.62 bits per heavy atom. The van der Waals surface area contributed by atoms with Gasteiger partial charge in [-0.05, 0) is 49.2 Å². The Morgan fingerprint density at radius 1 is 0.966 bits per heavy atom. The third-order valence-electron chi connectivity index (χ3n) is 4.27. The van der Waals surface area contributed by atoms with Gasteiger partial charge >= 0.3 is 0 Å². The Morgan fingerprint density at radius 3 is 2.17 bits per heavy atom. The molecule has 0 heterocycles. The molecular weight excluding hydrogens is 374 g/mol. The van der Waals surface area contributed by atoms with Gasteiger partial charge in [-0.2, -0.15) is 5.10 Å². The molecule has 0 saturated heterocycles. The lowest BCUT2D eigenvalue weighted by Crippen LogP contribution is -2.34.